The van der Waals surface area contributed by atoms with Gasteiger partial charge >= 0.3 is 0 Å². The van der Waals surface area contributed by atoms with E-state index in [4.69, 9.17) is 5.26 Å². The third-order valence-electron chi connectivity index (χ3n) is 3.23. The zero-order valence-electron chi connectivity index (χ0n) is 11.2. The minimum Gasteiger partial charge on any atom is -0.321 e. The lowest BCUT2D eigenvalue weighted by molar-refractivity contribution is 0.596. The highest BCUT2D eigenvalue weighted by Gasteiger charge is 2.14. The van der Waals surface area contributed by atoms with Crippen LogP contribution >= 0.6 is 0 Å². The van der Waals surface area contributed by atoms with E-state index in [0.29, 0.717) is 6.54 Å². The summed E-state index contributed by atoms with van der Waals surface area (Å²) in [6.45, 7) is 2.53. The number of pyridine rings is 1. The molecule has 4 nitrogen and oxygen atoms in total. The summed E-state index contributed by atoms with van der Waals surface area (Å²) in [5.74, 6) is 0.740. The first-order chi connectivity index (χ1) is 9.79. The second-order valence-electron chi connectivity index (χ2n) is 4.78. The van der Waals surface area contributed by atoms with Crippen LogP contribution < -0.4 is 0 Å². The van der Waals surface area contributed by atoms with Crippen molar-refractivity contribution in [3.63, 3.8) is 0 Å². The number of hydrogen-bond donors (Lipinski definition) is 0. The molecule has 0 fully saturated rings. The number of benzene rings is 1. The third kappa shape index (κ3) is 2.14. The predicted octanol–water partition coefficient (Wildman–Crippen LogP) is 3.26. The Morgan fingerprint density at radius 2 is 2.00 bits per heavy atom. The lowest BCUT2D eigenvalue weighted by Gasteiger charge is -2.09. The van der Waals surface area contributed by atoms with Gasteiger partial charge in [0.1, 0.15) is 5.69 Å². The number of imidazole rings is 1. The maximum absolute atomic E-state index is 9.07. The van der Waals surface area contributed by atoms with Gasteiger partial charge in [0.05, 0.1) is 23.0 Å². The van der Waals surface area contributed by atoms with E-state index in [9.17, 15) is 0 Å². The molecule has 20 heavy (non-hydrogen) atoms. The molecular weight excluding hydrogens is 248 g/mol. The largest absolute Gasteiger partial charge is 0.321 e. The van der Waals surface area contributed by atoms with Crippen molar-refractivity contribution >= 4 is 11.0 Å². The van der Waals surface area contributed by atoms with Crippen molar-refractivity contribution in [2.45, 2.75) is 13.5 Å². The lowest BCUT2D eigenvalue weighted by atomic mass is 10.2. The van der Waals surface area contributed by atoms with Gasteiger partial charge in [-0.2, -0.15) is 5.26 Å². The average Bonchev–Trinajstić information content (AvgIpc) is 2.87. The van der Waals surface area contributed by atoms with Crippen molar-refractivity contribution < 1.29 is 0 Å². The van der Waals surface area contributed by atoms with E-state index in [1.807, 2.05) is 49.4 Å². The van der Waals surface area contributed by atoms with Crippen molar-refractivity contribution in [2.24, 2.45) is 5.92 Å². The fraction of sp³-hybridized carbons (Fsp3) is 0.188. The van der Waals surface area contributed by atoms with E-state index >= 15 is 0 Å². The van der Waals surface area contributed by atoms with Gasteiger partial charge in [0.25, 0.3) is 0 Å². The molecule has 0 aliphatic heterocycles. The quantitative estimate of drug-likeness (QED) is 0.728. The number of nitrogens with zero attached hydrogens (tertiary/aromatic N) is 4. The van der Waals surface area contributed by atoms with E-state index in [0.717, 1.165) is 22.6 Å². The summed E-state index contributed by atoms with van der Waals surface area (Å²) in [5.41, 5.74) is 2.79. The molecule has 0 amide bonds. The number of fused-ring (bicyclic) bond motifs is 1. The topological polar surface area (TPSA) is 54.5 Å². The van der Waals surface area contributed by atoms with E-state index in [1.165, 1.54) is 0 Å². The van der Waals surface area contributed by atoms with Gasteiger partial charge in [-0.3, -0.25) is 4.98 Å². The van der Waals surface area contributed by atoms with Gasteiger partial charge in [0, 0.05) is 12.7 Å². The van der Waals surface area contributed by atoms with E-state index < -0.39 is 0 Å². The van der Waals surface area contributed by atoms with Crippen LogP contribution in [0.2, 0.25) is 0 Å². The Balaban J connectivity index is 2.20. The van der Waals surface area contributed by atoms with Gasteiger partial charge in [-0.25, -0.2) is 4.98 Å². The molecule has 0 radical (unpaired) electrons. The second kappa shape index (κ2) is 5.14. The third-order valence-corrected chi connectivity index (χ3v) is 3.23. The van der Waals surface area contributed by atoms with Crippen LogP contribution in [0.5, 0.6) is 0 Å². The molecule has 0 aliphatic rings. The molecule has 1 aromatic carbocycles. The maximum atomic E-state index is 9.07. The molecule has 2 heterocycles. The molecule has 3 rings (SSSR count). The highest BCUT2D eigenvalue weighted by Crippen LogP contribution is 2.24. The minimum absolute atomic E-state index is 0.0740. The van der Waals surface area contributed by atoms with E-state index in [1.54, 1.807) is 6.20 Å². The summed E-state index contributed by atoms with van der Waals surface area (Å²) in [5, 5.41) is 9.07. The van der Waals surface area contributed by atoms with Crippen LogP contribution in [0.15, 0.2) is 48.7 Å². The number of para-hydroxylation sites is 2. The van der Waals surface area contributed by atoms with Crippen LogP contribution in [-0.2, 0) is 6.54 Å². The highest BCUT2D eigenvalue weighted by molar-refractivity contribution is 5.79. The summed E-state index contributed by atoms with van der Waals surface area (Å²) in [4.78, 5) is 9.03. The fourth-order valence-electron chi connectivity index (χ4n) is 2.27. The number of nitriles is 1. The summed E-state index contributed by atoms with van der Waals surface area (Å²) < 4.78 is 2.07. The molecule has 3 aromatic rings. The summed E-state index contributed by atoms with van der Waals surface area (Å²) in [6.07, 6.45) is 1.76. The van der Waals surface area contributed by atoms with Gasteiger partial charge in [0.2, 0.25) is 0 Å². The molecule has 4 heteroatoms. The Hall–Kier alpha value is -2.67. The summed E-state index contributed by atoms with van der Waals surface area (Å²) in [7, 11) is 0. The SMILES string of the molecule is CC(C#N)Cn1c(-c2ccccn2)nc2ccccc21. The fourth-order valence-corrected chi connectivity index (χ4v) is 2.27. The number of rotatable bonds is 3. The standard InChI is InChI=1S/C16H14N4/c1-12(10-17)11-20-15-8-3-2-6-13(15)19-16(20)14-7-4-5-9-18-14/h2-9,12H,11H2,1H3. The molecule has 98 valence electrons. The normalized spacial score (nSPS) is 12.2. The number of aromatic nitrogens is 3. The van der Waals surface area contributed by atoms with Crippen LogP contribution in [0.4, 0.5) is 0 Å². The molecule has 1 unspecified atom stereocenters. The zero-order valence-corrected chi connectivity index (χ0v) is 11.2. The maximum Gasteiger partial charge on any atom is 0.159 e. The van der Waals surface area contributed by atoms with Gasteiger partial charge in [0.15, 0.2) is 5.82 Å². The molecule has 0 saturated carbocycles. The van der Waals surface area contributed by atoms with Crippen LogP contribution in [-0.4, -0.2) is 14.5 Å². The Morgan fingerprint density at radius 1 is 1.20 bits per heavy atom. The molecule has 2 aromatic heterocycles. The van der Waals surface area contributed by atoms with Gasteiger partial charge in [-0.05, 0) is 31.2 Å². The first-order valence-corrected chi connectivity index (χ1v) is 6.56. The molecule has 0 bridgehead atoms. The summed E-state index contributed by atoms with van der Waals surface area (Å²) >= 11 is 0. The Labute approximate surface area is 117 Å². The first-order valence-electron chi connectivity index (χ1n) is 6.56. The average molecular weight is 262 g/mol. The molecule has 1 atom stereocenters. The van der Waals surface area contributed by atoms with Crippen LogP contribution in [0, 0.1) is 17.2 Å². The second-order valence-corrected chi connectivity index (χ2v) is 4.78. The van der Waals surface area contributed by atoms with E-state index in [-0.39, 0.29) is 5.92 Å². The Kier molecular flexibility index (Phi) is 3.18. The van der Waals surface area contributed by atoms with Crippen LogP contribution in [0.3, 0.4) is 0 Å². The Bertz CT molecular complexity index is 768. The van der Waals surface area contributed by atoms with Crippen molar-refractivity contribution in [2.75, 3.05) is 0 Å². The van der Waals surface area contributed by atoms with Gasteiger partial charge < -0.3 is 4.57 Å². The molecule has 0 saturated heterocycles. The molecule has 0 aliphatic carbocycles. The van der Waals surface area contributed by atoms with Crippen LogP contribution in [0.1, 0.15) is 6.92 Å². The molecule has 0 N–H and O–H groups in total. The molecular formula is C16H14N4. The zero-order chi connectivity index (χ0) is 13.9. The van der Waals surface area contributed by atoms with Crippen molar-refractivity contribution in [3.8, 4) is 17.6 Å². The van der Waals surface area contributed by atoms with Crippen molar-refractivity contribution in [1.29, 1.82) is 5.26 Å². The lowest BCUT2D eigenvalue weighted by Crippen LogP contribution is -2.07. The minimum atomic E-state index is -0.0740. The molecule has 0 spiro atoms. The number of hydrogen-bond acceptors (Lipinski definition) is 3. The highest BCUT2D eigenvalue weighted by atomic mass is 15.1. The monoisotopic (exact) mass is 262 g/mol. The van der Waals surface area contributed by atoms with E-state index in [2.05, 4.69) is 20.6 Å². The van der Waals surface area contributed by atoms with Crippen LogP contribution in [0.25, 0.3) is 22.6 Å². The first kappa shape index (κ1) is 12.4. The Morgan fingerprint density at radius 3 is 2.75 bits per heavy atom. The van der Waals surface area contributed by atoms with Gasteiger partial charge in [-0.15, -0.1) is 0 Å². The van der Waals surface area contributed by atoms with Crippen molar-refractivity contribution in [1.82, 2.24) is 14.5 Å². The smallest absolute Gasteiger partial charge is 0.159 e. The predicted molar refractivity (Wildman–Crippen MR) is 77.7 cm³/mol. The van der Waals surface area contributed by atoms with Crippen molar-refractivity contribution in [3.05, 3.63) is 48.7 Å². The summed E-state index contributed by atoms with van der Waals surface area (Å²) in [6, 6.07) is 16.0. The van der Waals surface area contributed by atoms with Gasteiger partial charge in [-0.1, -0.05) is 18.2 Å².